The van der Waals surface area contributed by atoms with Gasteiger partial charge in [-0.05, 0) is 68.3 Å². The summed E-state index contributed by atoms with van der Waals surface area (Å²) in [6, 6.07) is 20.8. The van der Waals surface area contributed by atoms with Gasteiger partial charge in [-0.2, -0.15) is 0 Å². The lowest BCUT2D eigenvalue weighted by Crippen LogP contribution is -2.21. The fourth-order valence-corrected chi connectivity index (χ4v) is 3.52. The van der Waals surface area contributed by atoms with Crippen LogP contribution in [0.1, 0.15) is 27.3 Å². The predicted octanol–water partition coefficient (Wildman–Crippen LogP) is 4.75. The molecule has 0 saturated carbocycles. The largest absolute Gasteiger partial charge is 0.452 e. The second-order valence-corrected chi connectivity index (χ2v) is 7.41. The fraction of sp³-hybridized carbons (Fsp3) is 0.160. The summed E-state index contributed by atoms with van der Waals surface area (Å²) in [5.41, 5.74) is 5.71. The minimum atomic E-state index is -0.565. The van der Waals surface area contributed by atoms with Gasteiger partial charge in [0, 0.05) is 11.4 Å². The van der Waals surface area contributed by atoms with E-state index in [-0.39, 0.29) is 12.5 Å². The summed E-state index contributed by atoms with van der Waals surface area (Å²) < 4.78 is 7.25. The van der Waals surface area contributed by atoms with Gasteiger partial charge in [-0.25, -0.2) is 9.78 Å². The van der Waals surface area contributed by atoms with Gasteiger partial charge in [0.05, 0.1) is 16.6 Å². The molecule has 0 aliphatic heterocycles. The van der Waals surface area contributed by atoms with Crippen molar-refractivity contribution in [1.29, 1.82) is 0 Å². The molecular weight excluding hydrogens is 390 g/mol. The Balaban J connectivity index is 1.47. The molecule has 0 aliphatic carbocycles. The van der Waals surface area contributed by atoms with Gasteiger partial charge in [-0.1, -0.05) is 30.3 Å². The van der Waals surface area contributed by atoms with E-state index in [0.29, 0.717) is 16.8 Å². The lowest BCUT2D eigenvalue weighted by atomic mass is 10.1. The van der Waals surface area contributed by atoms with E-state index in [4.69, 9.17) is 4.74 Å². The highest BCUT2D eigenvalue weighted by Crippen LogP contribution is 2.23. The van der Waals surface area contributed by atoms with Crippen molar-refractivity contribution in [2.45, 2.75) is 20.8 Å². The number of amides is 1. The Hall–Kier alpha value is -3.93. The van der Waals surface area contributed by atoms with Crippen molar-refractivity contribution in [2.75, 3.05) is 11.9 Å². The van der Waals surface area contributed by atoms with Crippen molar-refractivity contribution in [2.24, 2.45) is 0 Å². The van der Waals surface area contributed by atoms with Crippen LogP contribution in [0.4, 0.5) is 5.69 Å². The molecule has 1 aromatic heterocycles. The third-order valence-corrected chi connectivity index (χ3v) is 5.29. The Morgan fingerprint density at radius 2 is 1.74 bits per heavy atom. The number of nitrogens with one attached hydrogen (secondary N) is 1. The number of carbonyl (C=O) groups excluding carboxylic acids is 2. The fourth-order valence-electron chi connectivity index (χ4n) is 3.52. The lowest BCUT2D eigenvalue weighted by Gasteiger charge is -2.10. The van der Waals surface area contributed by atoms with Crippen LogP contribution in [0.25, 0.3) is 16.7 Å². The van der Waals surface area contributed by atoms with Gasteiger partial charge in [-0.3, -0.25) is 9.36 Å². The highest BCUT2D eigenvalue weighted by atomic mass is 16.5. The molecule has 1 heterocycles. The van der Waals surface area contributed by atoms with Crippen LogP contribution >= 0.6 is 0 Å². The first kappa shape index (κ1) is 20.3. The van der Waals surface area contributed by atoms with Crippen LogP contribution in [-0.4, -0.2) is 28.0 Å². The smallest absolute Gasteiger partial charge is 0.338 e. The molecule has 1 amide bonds. The van der Waals surface area contributed by atoms with Gasteiger partial charge >= 0.3 is 5.97 Å². The molecule has 0 fully saturated rings. The van der Waals surface area contributed by atoms with Crippen LogP contribution in [0.2, 0.25) is 0 Å². The Morgan fingerprint density at radius 1 is 0.968 bits per heavy atom. The van der Waals surface area contributed by atoms with E-state index in [1.807, 2.05) is 79.9 Å². The highest BCUT2D eigenvalue weighted by Gasteiger charge is 2.15. The quantitative estimate of drug-likeness (QED) is 0.480. The number of hydrogen-bond donors (Lipinski definition) is 1. The maximum atomic E-state index is 12.5. The van der Waals surface area contributed by atoms with Crippen molar-refractivity contribution < 1.29 is 14.3 Å². The molecule has 4 rings (SSSR count). The van der Waals surface area contributed by atoms with E-state index in [2.05, 4.69) is 10.3 Å². The molecule has 0 atom stereocenters. The highest BCUT2D eigenvalue weighted by molar-refractivity contribution is 5.97. The summed E-state index contributed by atoms with van der Waals surface area (Å²) in [5, 5.41) is 2.78. The van der Waals surface area contributed by atoms with Gasteiger partial charge in [0.1, 0.15) is 5.82 Å². The van der Waals surface area contributed by atoms with Gasteiger partial charge in [0.2, 0.25) is 0 Å². The van der Waals surface area contributed by atoms with Crippen LogP contribution in [0.3, 0.4) is 0 Å². The molecule has 3 aromatic carbocycles. The number of benzene rings is 3. The molecule has 6 nitrogen and oxygen atoms in total. The molecule has 0 aliphatic rings. The van der Waals surface area contributed by atoms with Crippen LogP contribution < -0.4 is 5.32 Å². The number of aryl methyl sites for hydroxylation is 2. The van der Waals surface area contributed by atoms with Gasteiger partial charge in [-0.15, -0.1) is 0 Å². The first-order chi connectivity index (χ1) is 14.9. The number of carbonyl (C=O) groups is 2. The first-order valence-corrected chi connectivity index (χ1v) is 10.0. The molecule has 0 saturated heterocycles. The third-order valence-electron chi connectivity index (χ3n) is 5.29. The zero-order valence-corrected chi connectivity index (χ0v) is 17.7. The van der Waals surface area contributed by atoms with Gasteiger partial charge < -0.3 is 10.1 Å². The van der Waals surface area contributed by atoms with E-state index in [1.165, 1.54) is 0 Å². The number of fused-ring (bicyclic) bond motifs is 1. The van der Waals surface area contributed by atoms with Crippen LogP contribution in [0.15, 0.2) is 66.7 Å². The molecular formula is C25H23N3O3. The van der Waals surface area contributed by atoms with Crippen molar-refractivity contribution in [3.8, 4) is 5.69 Å². The maximum Gasteiger partial charge on any atom is 0.338 e. The van der Waals surface area contributed by atoms with Gasteiger partial charge in [0.15, 0.2) is 6.61 Å². The lowest BCUT2D eigenvalue weighted by molar-refractivity contribution is -0.119. The number of para-hydroxylation sites is 1. The number of imidazole rings is 1. The molecule has 0 radical (unpaired) electrons. The summed E-state index contributed by atoms with van der Waals surface area (Å²) in [4.78, 5) is 29.3. The van der Waals surface area contributed by atoms with Crippen LogP contribution in [0.5, 0.6) is 0 Å². The second-order valence-electron chi connectivity index (χ2n) is 7.41. The minimum Gasteiger partial charge on any atom is -0.452 e. The summed E-state index contributed by atoms with van der Waals surface area (Å²) in [6.07, 6.45) is 0. The Bertz CT molecular complexity index is 1280. The molecule has 4 aromatic rings. The standard InChI is InChI=1S/C25H23N3O3/c1-16-8-7-11-21(17(16)2)27-24(29)15-31-25(30)19-12-13-23-22(14-19)26-18(3)28(23)20-9-5-4-6-10-20/h4-14H,15H2,1-3H3,(H,27,29). The van der Waals surface area contributed by atoms with Crippen molar-refractivity contribution >= 4 is 28.6 Å². The second kappa shape index (κ2) is 8.44. The van der Waals surface area contributed by atoms with Crippen LogP contribution in [0, 0.1) is 20.8 Å². The third kappa shape index (κ3) is 4.19. The number of nitrogens with zero attached hydrogens (tertiary/aromatic N) is 2. The number of hydrogen-bond acceptors (Lipinski definition) is 4. The number of ether oxygens (including phenoxy) is 1. The zero-order chi connectivity index (χ0) is 22.0. The Kier molecular flexibility index (Phi) is 5.54. The van der Waals surface area contributed by atoms with Crippen molar-refractivity contribution in [3.63, 3.8) is 0 Å². The average Bonchev–Trinajstić information content (AvgIpc) is 3.10. The molecule has 31 heavy (non-hydrogen) atoms. The maximum absolute atomic E-state index is 12.5. The van der Waals surface area contributed by atoms with Crippen molar-refractivity contribution in [3.05, 3.63) is 89.2 Å². The summed E-state index contributed by atoms with van der Waals surface area (Å²) in [6.45, 7) is 5.47. The van der Waals surface area contributed by atoms with E-state index in [1.54, 1.807) is 12.1 Å². The average molecular weight is 413 g/mol. The first-order valence-electron chi connectivity index (χ1n) is 10.0. The number of anilines is 1. The predicted molar refractivity (Wildman–Crippen MR) is 121 cm³/mol. The van der Waals surface area contributed by atoms with E-state index < -0.39 is 5.97 Å². The van der Waals surface area contributed by atoms with E-state index in [9.17, 15) is 9.59 Å². The van der Waals surface area contributed by atoms with E-state index in [0.717, 1.165) is 28.2 Å². The molecule has 0 bridgehead atoms. The monoisotopic (exact) mass is 413 g/mol. The number of esters is 1. The Morgan fingerprint density at radius 3 is 2.52 bits per heavy atom. The molecule has 6 heteroatoms. The summed E-state index contributed by atoms with van der Waals surface area (Å²) >= 11 is 0. The molecule has 0 unspecified atom stereocenters. The topological polar surface area (TPSA) is 73.2 Å². The SMILES string of the molecule is Cc1cccc(NC(=O)COC(=O)c2ccc3c(c2)nc(C)n3-c2ccccc2)c1C. The van der Waals surface area contributed by atoms with Gasteiger partial charge in [0.25, 0.3) is 5.91 Å². The van der Waals surface area contributed by atoms with E-state index >= 15 is 0 Å². The number of rotatable bonds is 5. The summed E-state index contributed by atoms with van der Waals surface area (Å²) in [7, 11) is 0. The zero-order valence-electron chi connectivity index (χ0n) is 17.7. The molecule has 0 spiro atoms. The van der Waals surface area contributed by atoms with Crippen LogP contribution in [-0.2, 0) is 9.53 Å². The van der Waals surface area contributed by atoms with Crippen molar-refractivity contribution in [1.82, 2.24) is 9.55 Å². The normalized spacial score (nSPS) is 10.8. The molecule has 156 valence electrons. The molecule has 1 N–H and O–H groups in total. The summed E-state index contributed by atoms with van der Waals surface area (Å²) in [5.74, 6) is -0.128. The Labute approximate surface area is 180 Å². The number of aromatic nitrogens is 2. The minimum absolute atomic E-state index is 0.352.